The number of hydrogen-bond donors (Lipinski definition) is 1. The highest BCUT2D eigenvalue weighted by atomic mass is 35.5. The number of anilines is 1. The van der Waals surface area contributed by atoms with Crippen molar-refractivity contribution in [1.82, 2.24) is 0 Å². The van der Waals surface area contributed by atoms with Gasteiger partial charge in [-0.25, -0.2) is 4.79 Å². The first-order chi connectivity index (χ1) is 11.9. The number of ether oxygens (including phenoxy) is 2. The number of hydrogen-bond acceptors (Lipinski definition) is 4. The largest absolute Gasteiger partial charge is 0.481 e. The van der Waals surface area contributed by atoms with Crippen LogP contribution < -0.4 is 10.1 Å². The van der Waals surface area contributed by atoms with Crippen LogP contribution in [0.5, 0.6) is 5.75 Å². The number of benzene rings is 2. The number of carbonyl (C=O) groups is 2. The second-order valence-electron chi connectivity index (χ2n) is 5.12. The predicted molar refractivity (Wildman–Crippen MR) is 97.6 cm³/mol. The van der Waals surface area contributed by atoms with Gasteiger partial charge in [0.05, 0.1) is 22.9 Å². The Morgan fingerprint density at radius 2 is 1.92 bits per heavy atom. The topological polar surface area (TPSA) is 64.6 Å². The van der Waals surface area contributed by atoms with E-state index in [0.717, 1.165) is 0 Å². The molecule has 132 valence electrons. The quantitative estimate of drug-likeness (QED) is 0.743. The Hall–Kier alpha value is -2.24. The minimum Gasteiger partial charge on any atom is -0.481 e. The molecule has 0 saturated heterocycles. The highest BCUT2D eigenvalue weighted by molar-refractivity contribution is 6.35. The van der Waals surface area contributed by atoms with Crippen LogP contribution in [0.3, 0.4) is 0 Å². The van der Waals surface area contributed by atoms with Gasteiger partial charge in [-0.1, -0.05) is 29.3 Å². The fourth-order valence-electron chi connectivity index (χ4n) is 2.00. The van der Waals surface area contributed by atoms with Crippen LogP contribution in [0.1, 0.15) is 24.2 Å². The lowest BCUT2D eigenvalue weighted by molar-refractivity contribution is -0.122. The summed E-state index contributed by atoms with van der Waals surface area (Å²) < 4.78 is 10.5. The van der Waals surface area contributed by atoms with Crippen LogP contribution in [-0.4, -0.2) is 24.6 Å². The average Bonchev–Trinajstić information content (AvgIpc) is 2.58. The van der Waals surface area contributed by atoms with Gasteiger partial charge in [0, 0.05) is 5.02 Å². The highest BCUT2D eigenvalue weighted by Gasteiger charge is 2.17. The van der Waals surface area contributed by atoms with Crippen molar-refractivity contribution in [1.29, 1.82) is 0 Å². The van der Waals surface area contributed by atoms with Gasteiger partial charge in [-0.3, -0.25) is 4.79 Å². The SMILES string of the molecule is CCOC(=O)c1cccc(O[C@H](C)C(=O)Nc2cc(Cl)ccc2Cl)c1. The third kappa shape index (κ3) is 5.37. The molecular formula is C18H17Cl2NO4. The molecule has 0 bridgehead atoms. The van der Waals surface area contributed by atoms with Gasteiger partial charge in [-0.05, 0) is 50.2 Å². The molecule has 1 N–H and O–H groups in total. The average molecular weight is 382 g/mol. The van der Waals surface area contributed by atoms with Crippen molar-refractivity contribution in [3.8, 4) is 5.75 Å². The number of nitrogens with one attached hydrogen (secondary N) is 1. The molecule has 2 aromatic carbocycles. The lowest BCUT2D eigenvalue weighted by atomic mass is 10.2. The predicted octanol–water partition coefficient (Wildman–Crippen LogP) is 4.58. The summed E-state index contributed by atoms with van der Waals surface area (Å²) in [6, 6.07) is 11.2. The van der Waals surface area contributed by atoms with E-state index in [-0.39, 0.29) is 6.61 Å². The molecule has 2 rings (SSSR count). The molecule has 0 unspecified atom stereocenters. The van der Waals surface area contributed by atoms with Crippen molar-refractivity contribution < 1.29 is 19.1 Å². The van der Waals surface area contributed by atoms with Crippen LogP contribution in [0.4, 0.5) is 5.69 Å². The number of carbonyl (C=O) groups excluding carboxylic acids is 2. The van der Waals surface area contributed by atoms with Crippen LogP contribution in [0.25, 0.3) is 0 Å². The fraction of sp³-hybridized carbons (Fsp3) is 0.222. The zero-order chi connectivity index (χ0) is 18.4. The molecule has 0 heterocycles. The lowest BCUT2D eigenvalue weighted by Crippen LogP contribution is -2.30. The van der Waals surface area contributed by atoms with Gasteiger partial charge in [0.15, 0.2) is 6.10 Å². The smallest absolute Gasteiger partial charge is 0.338 e. The van der Waals surface area contributed by atoms with Crippen molar-refractivity contribution in [3.05, 3.63) is 58.1 Å². The number of rotatable bonds is 6. The van der Waals surface area contributed by atoms with E-state index in [2.05, 4.69) is 5.32 Å². The second kappa shape index (κ2) is 8.74. The van der Waals surface area contributed by atoms with Gasteiger partial charge in [-0.2, -0.15) is 0 Å². The highest BCUT2D eigenvalue weighted by Crippen LogP contribution is 2.26. The molecule has 5 nitrogen and oxygen atoms in total. The summed E-state index contributed by atoms with van der Waals surface area (Å²) in [6.07, 6.45) is -0.813. The Morgan fingerprint density at radius 1 is 1.16 bits per heavy atom. The fourth-order valence-corrected chi connectivity index (χ4v) is 2.33. The maximum Gasteiger partial charge on any atom is 0.338 e. The van der Waals surface area contributed by atoms with Gasteiger partial charge < -0.3 is 14.8 Å². The van der Waals surface area contributed by atoms with E-state index in [4.69, 9.17) is 32.7 Å². The molecule has 0 aliphatic heterocycles. The minimum absolute atomic E-state index is 0.281. The Morgan fingerprint density at radius 3 is 2.64 bits per heavy atom. The summed E-state index contributed by atoms with van der Waals surface area (Å²) in [5.41, 5.74) is 0.750. The molecule has 2 aromatic rings. The molecule has 1 amide bonds. The minimum atomic E-state index is -0.813. The molecule has 7 heteroatoms. The molecule has 0 aliphatic carbocycles. The van der Waals surface area contributed by atoms with Gasteiger partial charge in [0.25, 0.3) is 5.91 Å². The first-order valence-corrected chi connectivity index (χ1v) is 8.36. The van der Waals surface area contributed by atoms with E-state index in [1.807, 2.05) is 0 Å². The normalized spacial score (nSPS) is 11.5. The summed E-state index contributed by atoms with van der Waals surface area (Å²) in [5, 5.41) is 3.48. The molecule has 25 heavy (non-hydrogen) atoms. The Balaban J connectivity index is 2.05. The lowest BCUT2D eigenvalue weighted by Gasteiger charge is -2.16. The van der Waals surface area contributed by atoms with E-state index >= 15 is 0 Å². The van der Waals surface area contributed by atoms with Crippen LogP contribution in [0.2, 0.25) is 10.0 Å². The Labute approximate surface area is 155 Å². The van der Waals surface area contributed by atoms with E-state index in [0.29, 0.717) is 27.0 Å². The molecule has 1 atom stereocenters. The van der Waals surface area contributed by atoms with Crippen molar-refractivity contribution in [2.75, 3.05) is 11.9 Å². The molecule has 0 radical (unpaired) electrons. The van der Waals surface area contributed by atoms with Gasteiger partial charge in [0.1, 0.15) is 5.75 Å². The van der Waals surface area contributed by atoms with E-state index in [1.54, 1.807) is 50.2 Å². The monoisotopic (exact) mass is 381 g/mol. The maximum atomic E-state index is 12.3. The second-order valence-corrected chi connectivity index (χ2v) is 5.97. The summed E-state index contributed by atoms with van der Waals surface area (Å²) in [4.78, 5) is 24.0. The van der Waals surface area contributed by atoms with Gasteiger partial charge >= 0.3 is 5.97 Å². The third-order valence-electron chi connectivity index (χ3n) is 3.21. The number of amides is 1. The van der Waals surface area contributed by atoms with Crippen molar-refractivity contribution >= 4 is 40.8 Å². The third-order valence-corrected chi connectivity index (χ3v) is 3.78. The van der Waals surface area contributed by atoms with Crippen molar-refractivity contribution in [2.24, 2.45) is 0 Å². The summed E-state index contributed by atoms with van der Waals surface area (Å²) in [5.74, 6) is -0.466. The summed E-state index contributed by atoms with van der Waals surface area (Å²) in [6.45, 7) is 3.60. The Kier molecular flexibility index (Phi) is 6.67. The van der Waals surface area contributed by atoms with Crippen molar-refractivity contribution in [2.45, 2.75) is 20.0 Å². The van der Waals surface area contributed by atoms with Crippen LogP contribution >= 0.6 is 23.2 Å². The molecule has 0 aliphatic rings. The van der Waals surface area contributed by atoms with Crippen LogP contribution in [0.15, 0.2) is 42.5 Å². The van der Waals surface area contributed by atoms with E-state index < -0.39 is 18.0 Å². The first kappa shape index (κ1) is 19.1. The van der Waals surface area contributed by atoms with Crippen molar-refractivity contribution in [3.63, 3.8) is 0 Å². The molecule has 0 fully saturated rings. The molecule has 0 spiro atoms. The number of halogens is 2. The zero-order valence-corrected chi connectivity index (χ0v) is 15.2. The van der Waals surface area contributed by atoms with Crippen LogP contribution in [-0.2, 0) is 9.53 Å². The summed E-state index contributed by atoms with van der Waals surface area (Å²) in [7, 11) is 0. The Bertz CT molecular complexity index is 779. The molecule has 0 saturated carbocycles. The number of esters is 1. The standard InChI is InChI=1S/C18H17Cl2NO4/c1-3-24-18(23)12-5-4-6-14(9-12)25-11(2)17(22)21-16-10-13(19)7-8-15(16)20/h4-11H,3H2,1-2H3,(H,21,22)/t11-/m1/s1. The van der Waals surface area contributed by atoms with Gasteiger partial charge in [0.2, 0.25) is 0 Å². The first-order valence-electron chi connectivity index (χ1n) is 7.60. The van der Waals surface area contributed by atoms with Crippen LogP contribution in [0, 0.1) is 0 Å². The molecule has 0 aromatic heterocycles. The summed E-state index contributed by atoms with van der Waals surface area (Å²) >= 11 is 11.9. The van der Waals surface area contributed by atoms with E-state index in [1.165, 1.54) is 6.07 Å². The van der Waals surface area contributed by atoms with Gasteiger partial charge in [-0.15, -0.1) is 0 Å². The van der Waals surface area contributed by atoms with E-state index in [9.17, 15) is 9.59 Å². The maximum absolute atomic E-state index is 12.3. The zero-order valence-electron chi connectivity index (χ0n) is 13.7. The molecular weight excluding hydrogens is 365 g/mol.